The van der Waals surface area contributed by atoms with Crippen LogP contribution in [0.15, 0.2) is 30.5 Å². The smallest absolute Gasteiger partial charge is 0.0951 e. The van der Waals surface area contributed by atoms with E-state index in [2.05, 4.69) is 36.3 Å². The third-order valence-electron chi connectivity index (χ3n) is 3.69. The Morgan fingerprint density at radius 2 is 2.05 bits per heavy atom. The molecule has 3 heteroatoms. The second-order valence-corrected chi connectivity index (χ2v) is 5.50. The maximum Gasteiger partial charge on any atom is 0.0951 e. The molecule has 0 radical (unpaired) electrons. The molecule has 1 aromatic carbocycles. The predicted octanol–water partition coefficient (Wildman–Crippen LogP) is 4.59. The minimum Gasteiger partial charge on any atom is -0.397 e. The molecule has 0 spiro atoms. The maximum absolute atomic E-state index is 5.98. The first-order chi connectivity index (χ1) is 9.72. The van der Waals surface area contributed by atoms with Gasteiger partial charge >= 0.3 is 0 Å². The lowest BCUT2D eigenvalue weighted by molar-refractivity contribution is 0.594. The van der Waals surface area contributed by atoms with Gasteiger partial charge in [0.05, 0.1) is 11.2 Å². The SMILES string of the molecule is CCCCCCC(C)Nc1ccc(N)c2ncccc12. The Hall–Kier alpha value is -1.77. The number of anilines is 2. The van der Waals surface area contributed by atoms with Crippen molar-refractivity contribution in [3.05, 3.63) is 30.5 Å². The summed E-state index contributed by atoms with van der Waals surface area (Å²) in [7, 11) is 0. The summed E-state index contributed by atoms with van der Waals surface area (Å²) in [6.07, 6.45) is 8.22. The molecule has 3 nitrogen and oxygen atoms in total. The van der Waals surface area contributed by atoms with Crippen molar-refractivity contribution in [2.75, 3.05) is 11.1 Å². The molecule has 1 atom stereocenters. The lowest BCUT2D eigenvalue weighted by atomic mass is 10.1. The Kier molecular flexibility index (Phi) is 5.22. The van der Waals surface area contributed by atoms with Crippen LogP contribution in [-0.4, -0.2) is 11.0 Å². The number of fused-ring (bicyclic) bond motifs is 1. The van der Waals surface area contributed by atoms with Gasteiger partial charge in [0.1, 0.15) is 0 Å². The summed E-state index contributed by atoms with van der Waals surface area (Å²) in [5, 5.41) is 4.70. The largest absolute Gasteiger partial charge is 0.397 e. The average Bonchev–Trinajstić information content (AvgIpc) is 2.47. The van der Waals surface area contributed by atoms with E-state index in [-0.39, 0.29) is 0 Å². The summed E-state index contributed by atoms with van der Waals surface area (Å²) in [4.78, 5) is 4.37. The second-order valence-electron chi connectivity index (χ2n) is 5.50. The van der Waals surface area contributed by atoms with Crippen LogP contribution >= 0.6 is 0 Å². The van der Waals surface area contributed by atoms with Crippen LogP contribution in [0.1, 0.15) is 46.0 Å². The molecule has 0 fully saturated rings. The third-order valence-corrected chi connectivity index (χ3v) is 3.69. The molecule has 0 amide bonds. The van der Waals surface area contributed by atoms with Gasteiger partial charge in [-0.25, -0.2) is 0 Å². The van der Waals surface area contributed by atoms with Gasteiger partial charge in [-0.1, -0.05) is 32.6 Å². The quantitative estimate of drug-likeness (QED) is 0.572. The molecule has 0 aliphatic rings. The number of nitrogens with zero attached hydrogens (tertiary/aromatic N) is 1. The van der Waals surface area contributed by atoms with E-state index in [4.69, 9.17) is 5.73 Å². The topological polar surface area (TPSA) is 50.9 Å². The number of rotatable bonds is 7. The highest BCUT2D eigenvalue weighted by Gasteiger charge is 2.07. The van der Waals surface area contributed by atoms with Crippen LogP contribution in [0.4, 0.5) is 11.4 Å². The molecule has 0 saturated heterocycles. The summed E-state index contributed by atoms with van der Waals surface area (Å²) in [6, 6.07) is 8.49. The Morgan fingerprint density at radius 1 is 1.20 bits per heavy atom. The fraction of sp³-hybridized carbons (Fsp3) is 0.471. The van der Waals surface area contributed by atoms with Crippen molar-refractivity contribution in [2.45, 2.75) is 52.0 Å². The molecular weight excluding hydrogens is 246 g/mol. The van der Waals surface area contributed by atoms with E-state index in [1.165, 1.54) is 32.1 Å². The maximum atomic E-state index is 5.98. The zero-order valence-corrected chi connectivity index (χ0v) is 12.5. The van der Waals surface area contributed by atoms with E-state index in [0.29, 0.717) is 6.04 Å². The Balaban J connectivity index is 2.04. The first kappa shape index (κ1) is 14.6. The summed E-state index contributed by atoms with van der Waals surface area (Å²) >= 11 is 0. The number of nitrogens with two attached hydrogens (primary N) is 1. The fourth-order valence-corrected chi connectivity index (χ4v) is 2.54. The van der Waals surface area contributed by atoms with Crippen LogP contribution in [0.5, 0.6) is 0 Å². The zero-order valence-electron chi connectivity index (χ0n) is 12.5. The molecule has 1 unspecified atom stereocenters. The van der Waals surface area contributed by atoms with Gasteiger partial charge in [-0.15, -0.1) is 0 Å². The van der Waals surface area contributed by atoms with E-state index in [1.54, 1.807) is 6.20 Å². The number of nitrogens with one attached hydrogen (secondary N) is 1. The molecule has 0 bridgehead atoms. The lowest BCUT2D eigenvalue weighted by Crippen LogP contribution is -2.15. The number of hydrogen-bond acceptors (Lipinski definition) is 3. The number of unbranched alkanes of at least 4 members (excludes halogenated alkanes) is 3. The Labute approximate surface area is 121 Å². The molecule has 3 N–H and O–H groups in total. The number of aromatic nitrogens is 1. The van der Waals surface area contributed by atoms with Crippen LogP contribution in [0, 0.1) is 0 Å². The lowest BCUT2D eigenvalue weighted by Gasteiger charge is -2.17. The monoisotopic (exact) mass is 271 g/mol. The van der Waals surface area contributed by atoms with Crippen molar-refractivity contribution < 1.29 is 0 Å². The van der Waals surface area contributed by atoms with Crippen molar-refractivity contribution in [3.63, 3.8) is 0 Å². The number of nitrogen functional groups attached to an aromatic ring is 1. The van der Waals surface area contributed by atoms with Crippen molar-refractivity contribution in [1.29, 1.82) is 0 Å². The average molecular weight is 271 g/mol. The highest BCUT2D eigenvalue weighted by Crippen LogP contribution is 2.27. The van der Waals surface area contributed by atoms with Gasteiger partial charge < -0.3 is 11.1 Å². The molecule has 2 rings (SSSR count). The normalized spacial score (nSPS) is 12.5. The van der Waals surface area contributed by atoms with Gasteiger partial charge in [0, 0.05) is 23.3 Å². The molecular formula is C17H25N3. The Morgan fingerprint density at radius 3 is 2.85 bits per heavy atom. The predicted molar refractivity (Wildman–Crippen MR) is 88.0 cm³/mol. The van der Waals surface area contributed by atoms with Crippen molar-refractivity contribution >= 4 is 22.3 Å². The van der Waals surface area contributed by atoms with Crippen molar-refractivity contribution in [2.24, 2.45) is 0 Å². The molecule has 1 heterocycles. The van der Waals surface area contributed by atoms with Crippen LogP contribution in [0.25, 0.3) is 10.9 Å². The van der Waals surface area contributed by atoms with Gasteiger partial charge in [-0.3, -0.25) is 4.98 Å². The highest BCUT2D eigenvalue weighted by atomic mass is 14.9. The van der Waals surface area contributed by atoms with E-state index in [9.17, 15) is 0 Å². The minimum atomic E-state index is 0.471. The summed E-state index contributed by atoms with van der Waals surface area (Å²) in [6.45, 7) is 4.49. The van der Waals surface area contributed by atoms with Gasteiger partial charge in [-0.2, -0.15) is 0 Å². The summed E-state index contributed by atoms with van der Waals surface area (Å²) in [5.74, 6) is 0. The van der Waals surface area contributed by atoms with Crippen LogP contribution in [0.3, 0.4) is 0 Å². The van der Waals surface area contributed by atoms with Crippen LogP contribution in [0.2, 0.25) is 0 Å². The van der Waals surface area contributed by atoms with Gasteiger partial charge in [0.2, 0.25) is 0 Å². The second kappa shape index (κ2) is 7.13. The highest BCUT2D eigenvalue weighted by molar-refractivity contribution is 5.98. The van der Waals surface area contributed by atoms with Gasteiger partial charge in [-0.05, 0) is 37.6 Å². The summed E-state index contributed by atoms with van der Waals surface area (Å²) < 4.78 is 0. The number of pyridine rings is 1. The first-order valence-corrected chi connectivity index (χ1v) is 7.62. The number of benzene rings is 1. The minimum absolute atomic E-state index is 0.471. The first-order valence-electron chi connectivity index (χ1n) is 7.62. The Bertz CT molecular complexity index is 551. The van der Waals surface area contributed by atoms with Crippen LogP contribution in [-0.2, 0) is 0 Å². The van der Waals surface area contributed by atoms with Crippen molar-refractivity contribution in [3.8, 4) is 0 Å². The molecule has 20 heavy (non-hydrogen) atoms. The van der Waals surface area contributed by atoms with E-state index in [0.717, 1.165) is 22.3 Å². The molecule has 0 saturated carbocycles. The zero-order chi connectivity index (χ0) is 14.4. The number of hydrogen-bond donors (Lipinski definition) is 2. The molecule has 1 aromatic heterocycles. The molecule has 2 aromatic rings. The van der Waals surface area contributed by atoms with E-state index in [1.807, 2.05) is 12.1 Å². The van der Waals surface area contributed by atoms with E-state index < -0.39 is 0 Å². The van der Waals surface area contributed by atoms with Gasteiger partial charge in [0.15, 0.2) is 0 Å². The third kappa shape index (κ3) is 3.62. The van der Waals surface area contributed by atoms with Crippen LogP contribution < -0.4 is 11.1 Å². The molecule has 0 aliphatic carbocycles. The van der Waals surface area contributed by atoms with E-state index >= 15 is 0 Å². The summed E-state index contributed by atoms with van der Waals surface area (Å²) in [5.41, 5.74) is 8.73. The molecule has 0 aliphatic heterocycles. The molecule has 108 valence electrons. The fourth-order valence-electron chi connectivity index (χ4n) is 2.54. The standard InChI is InChI=1S/C17H25N3/c1-3-4-5-6-8-13(2)20-16-11-10-15(18)17-14(16)9-7-12-19-17/h7,9-13,20H,3-6,8,18H2,1-2H3. The van der Waals surface area contributed by atoms with Crippen molar-refractivity contribution in [1.82, 2.24) is 4.98 Å². The van der Waals surface area contributed by atoms with Gasteiger partial charge in [0.25, 0.3) is 0 Å².